The molecule has 0 unspecified atom stereocenters. The van der Waals surface area contributed by atoms with Gasteiger partial charge in [-0.2, -0.15) is 5.10 Å². The van der Waals surface area contributed by atoms with Gasteiger partial charge in [-0.3, -0.25) is 4.68 Å². The van der Waals surface area contributed by atoms with Crippen LogP contribution < -0.4 is 0 Å². The molecule has 1 rings (SSSR count). The van der Waals surface area contributed by atoms with Crippen LogP contribution in [0.25, 0.3) is 6.08 Å². The molecule has 1 aromatic rings. The number of nitrogens with zero attached hydrogens (tertiary/aromatic N) is 2. The van der Waals surface area contributed by atoms with Crippen LogP contribution >= 0.6 is 0 Å². The van der Waals surface area contributed by atoms with Crippen molar-refractivity contribution in [3.8, 4) is 0 Å². The predicted octanol–water partition coefficient (Wildman–Crippen LogP) is 1.93. The fraction of sp³-hybridized carbons (Fsp3) is 0.545. The van der Waals surface area contributed by atoms with E-state index in [-0.39, 0.29) is 6.61 Å². The topological polar surface area (TPSA) is 38.0 Å². The Morgan fingerprint density at radius 3 is 2.86 bits per heavy atom. The van der Waals surface area contributed by atoms with Gasteiger partial charge in [-0.25, -0.2) is 0 Å². The summed E-state index contributed by atoms with van der Waals surface area (Å²) in [5.74, 6) is 0.375. The first-order valence-electron chi connectivity index (χ1n) is 5.02. The zero-order chi connectivity index (χ0) is 10.6. The Morgan fingerprint density at radius 2 is 2.36 bits per heavy atom. The van der Waals surface area contributed by atoms with Gasteiger partial charge in [0.2, 0.25) is 0 Å². The minimum absolute atomic E-state index is 0.118. The number of aromatic nitrogens is 2. The van der Waals surface area contributed by atoms with Gasteiger partial charge in [-0.05, 0) is 30.6 Å². The van der Waals surface area contributed by atoms with Crippen molar-refractivity contribution in [3.05, 3.63) is 23.5 Å². The summed E-state index contributed by atoms with van der Waals surface area (Å²) in [6, 6.07) is 1.96. The van der Waals surface area contributed by atoms with Crippen molar-refractivity contribution in [2.45, 2.75) is 27.3 Å². The molecule has 0 spiro atoms. The summed E-state index contributed by atoms with van der Waals surface area (Å²) in [6.07, 6.45) is 3.80. The molecule has 0 atom stereocenters. The maximum atomic E-state index is 9.16. The minimum atomic E-state index is 0.118. The van der Waals surface area contributed by atoms with Crippen molar-refractivity contribution in [2.75, 3.05) is 6.61 Å². The molecule has 78 valence electrons. The van der Waals surface area contributed by atoms with Gasteiger partial charge < -0.3 is 5.11 Å². The second-order valence-electron chi connectivity index (χ2n) is 3.60. The van der Waals surface area contributed by atoms with Crippen molar-refractivity contribution < 1.29 is 5.11 Å². The first-order chi connectivity index (χ1) is 6.69. The molecule has 0 aromatic carbocycles. The fourth-order valence-electron chi connectivity index (χ4n) is 1.31. The Hall–Kier alpha value is -1.09. The molecule has 0 aliphatic rings. The highest BCUT2D eigenvalue weighted by Crippen LogP contribution is 2.13. The summed E-state index contributed by atoms with van der Waals surface area (Å²) in [4.78, 5) is 0. The Morgan fingerprint density at radius 1 is 1.64 bits per heavy atom. The first-order valence-corrected chi connectivity index (χ1v) is 5.02. The van der Waals surface area contributed by atoms with E-state index in [1.807, 2.05) is 16.8 Å². The van der Waals surface area contributed by atoms with E-state index < -0.39 is 0 Å². The normalized spacial score (nSPS) is 12.5. The third-order valence-corrected chi connectivity index (χ3v) is 2.31. The highest BCUT2D eigenvalue weighted by Gasteiger charge is 2.04. The number of rotatable bonds is 4. The smallest absolute Gasteiger partial charge is 0.0648 e. The molecule has 0 fully saturated rings. The fourth-order valence-corrected chi connectivity index (χ4v) is 1.31. The Balaban J connectivity index is 2.94. The molecule has 0 amide bonds. The Bertz CT molecular complexity index is 313. The van der Waals surface area contributed by atoms with Crippen LogP contribution in [0.2, 0.25) is 0 Å². The largest absolute Gasteiger partial charge is 0.392 e. The number of aliphatic hydroxyl groups is 1. The van der Waals surface area contributed by atoms with Crippen LogP contribution in [0, 0.1) is 5.92 Å². The quantitative estimate of drug-likeness (QED) is 0.795. The number of hydrogen-bond donors (Lipinski definition) is 1. The molecule has 1 aromatic heterocycles. The maximum absolute atomic E-state index is 9.16. The number of hydrogen-bond acceptors (Lipinski definition) is 2. The average molecular weight is 194 g/mol. The SMILES string of the molecule is CCn1nccc1/C=C(/CO)C(C)C. The second kappa shape index (κ2) is 4.96. The molecule has 0 aliphatic heterocycles. The van der Waals surface area contributed by atoms with Crippen LogP contribution in [-0.2, 0) is 6.54 Å². The van der Waals surface area contributed by atoms with Gasteiger partial charge >= 0.3 is 0 Å². The molecule has 0 saturated heterocycles. The third kappa shape index (κ3) is 2.45. The lowest BCUT2D eigenvalue weighted by atomic mass is 10.0. The summed E-state index contributed by atoms with van der Waals surface area (Å²) in [5, 5.41) is 13.3. The third-order valence-electron chi connectivity index (χ3n) is 2.31. The van der Waals surface area contributed by atoms with Gasteiger partial charge in [0.15, 0.2) is 0 Å². The predicted molar refractivity (Wildman–Crippen MR) is 57.8 cm³/mol. The molecule has 0 bridgehead atoms. The van der Waals surface area contributed by atoms with Crippen molar-refractivity contribution >= 4 is 6.08 Å². The van der Waals surface area contributed by atoms with Gasteiger partial charge in [0.05, 0.1) is 12.3 Å². The second-order valence-corrected chi connectivity index (χ2v) is 3.60. The first kappa shape index (κ1) is 11.0. The Labute approximate surface area is 85.1 Å². The molecular formula is C11H18N2O. The van der Waals surface area contributed by atoms with Crippen molar-refractivity contribution in [1.29, 1.82) is 0 Å². The molecule has 0 radical (unpaired) electrons. The van der Waals surface area contributed by atoms with E-state index in [1.54, 1.807) is 6.20 Å². The lowest BCUT2D eigenvalue weighted by molar-refractivity contribution is 0.320. The average Bonchev–Trinajstić information content (AvgIpc) is 2.60. The van der Waals surface area contributed by atoms with Gasteiger partial charge in [0.1, 0.15) is 0 Å². The van der Waals surface area contributed by atoms with E-state index in [9.17, 15) is 0 Å². The summed E-state index contributed by atoms with van der Waals surface area (Å²) in [5.41, 5.74) is 2.10. The van der Waals surface area contributed by atoms with Crippen LogP contribution in [0.1, 0.15) is 26.5 Å². The summed E-state index contributed by atoms with van der Waals surface area (Å²) < 4.78 is 1.91. The zero-order valence-electron chi connectivity index (χ0n) is 9.07. The maximum Gasteiger partial charge on any atom is 0.0648 e. The molecule has 14 heavy (non-hydrogen) atoms. The van der Waals surface area contributed by atoms with Crippen molar-refractivity contribution in [2.24, 2.45) is 5.92 Å². The van der Waals surface area contributed by atoms with Crippen LogP contribution in [-0.4, -0.2) is 21.5 Å². The molecule has 0 aliphatic carbocycles. The standard InChI is InChI=1S/C11H18N2O/c1-4-13-11(5-6-12-13)7-10(8-14)9(2)3/h5-7,9,14H,4,8H2,1-3H3/b10-7-. The highest BCUT2D eigenvalue weighted by atomic mass is 16.3. The van der Waals surface area contributed by atoms with Crippen LogP contribution in [0.4, 0.5) is 0 Å². The molecule has 3 heteroatoms. The van der Waals surface area contributed by atoms with E-state index in [0.29, 0.717) is 5.92 Å². The van der Waals surface area contributed by atoms with E-state index in [4.69, 9.17) is 5.11 Å². The summed E-state index contributed by atoms with van der Waals surface area (Å²) in [6.45, 7) is 7.18. The van der Waals surface area contributed by atoms with E-state index in [2.05, 4.69) is 25.9 Å². The van der Waals surface area contributed by atoms with Gasteiger partial charge in [0.25, 0.3) is 0 Å². The van der Waals surface area contributed by atoms with Crippen molar-refractivity contribution in [3.63, 3.8) is 0 Å². The van der Waals surface area contributed by atoms with Crippen LogP contribution in [0.3, 0.4) is 0 Å². The van der Waals surface area contributed by atoms with Gasteiger partial charge in [0, 0.05) is 12.7 Å². The molecular weight excluding hydrogens is 176 g/mol. The molecule has 3 nitrogen and oxygen atoms in total. The molecule has 1 N–H and O–H groups in total. The summed E-state index contributed by atoms with van der Waals surface area (Å²) in [7, 11) is 0. The van der Waals surface area contributed by atoms with Crippen molar-refractivity contribution in [1.82, 2.24) is 9.78 Å². The number of aliphatic hydroxyl groups excluding tert-OH is 1. The lowest BCUT2D eigenvalue weighted by Crippen LogP contribution is -2.03. The number of aryl methyl sites for hydroxylation is 1. The van der Waals surface area contributed by atoms with Crippen LogP contribution in [0.5, 0.6) is 0 Å². The summed E-state index contributed by atoms with van der Waals surface area (Å²) >= 11 is 0. The van der Waals surface area contributed by atoms with E-state index in [1.165, 1.54) is 0 Å². The van der Waals surface area contributed by atoms with Gasteiger partial charge in [-0.15, -0.1) is 0 Å². The molecule has 0 saturated carbocycles. The minimum Gasteiger partial charge on any atom is -0.392 e. The van der Waals surface area contributed by atoms with Crippen LogP contribution in [0.15, 0.2) is 17.8 Å². The molecule has 1 heterocycles. The monoisotopic (exact) mass is 194 g/mol. The van der Waals surface area contributed by atoms with Gasteiger partial charge in [-0.1, -0.05) is 13.8 Å². The lowest BCUT2D eigenvalue weighted by Gasteiger charge is -2.08. The highest BCUT2D eigenvalue weighted by molar-refractivity contribution is 5.49. The Kier molecular flexibility index (Phi) is 3.89. The van der Waals surface area contributed by atoms with E-state index >= 15 is 0 Å². The zero-order valence-corrected chi connectivity index (χ0v) is 9.07. The van der Waals surface area contributed by atoms with E-state index in [0.717, 1.165) is 17.8 Å².